The van der Waals surface area contributed by atoms with Crippen LogP contribution in [0.25, 0.3) is 0 Å². The Morgan fingerprint density at radius 2 is 1.70 bits per heavy atom. The van der Waals surface area contributed by atoms with Crippen molar-refractivity contribution in [3.63, 3.8) is 0 Å². The molecule has 27 heavy (non-hydrogen) atoms. The third-order valence-electron chi connectivity index (χ3n) is 3.44. The number of carbonyl (C=O) groups excluding carboxylic acids is 3. The van der Waals surface area contributed by atoms with Gasteiger partial charge in [0.05, 0.1) is 6.54 Å². The van der Waals surface area contributed by atoms with Gasteiger partial charge in [-0.25, -0.2) is 4.79 Å². The van der Waals surface area contributed by atoms with E-state index >= 15 is 0 Å². The molecule has 1 aromatic rings. The van der Waals surface area contributed by atoms with Crippen LogP contribution in [0.2, 0.25) is 0 Å². The molecule has 0 aliphatic rings. The summed E-state index contributed by atoms with van der Waals surface area (Å²) in [6.07, 6.45) is -0.680. The molecule has 1 unspecified atom stereocenters. The summed E-state index contributed by atoms with van der Waals surface area (Å²) in [5, 5.41) is 7.75. The Hall–Kier alpha value is -2.28. The molecule has 1 rings (SSSR count). The lowest BCUT2D eigenvalue weighted by Gasteiger charge is -2.25. The van der Waals surface area contributed by atoms with Gasteiger partial charge in [-0.2, -0.15) is 0 Å². The first kappa shape index (κ1) is 22.8. The molecule has 0 heterocycles. The number of rotatable bonds is 7. The van der Waals surface area contributed by atoms with Crippen molar-refractivity contribution in [3.05, 3.63) is 29.8 Å². The van der Waals surface area contributed by atoms with E-state index in [9.17, 15) is 14.4 Å². The molecule has 0 bridgehead atoms. The molecule has 3 amide bonds. The van der Waals surface area contributed by atoms with Crippen molar-refractivity contribution in [1.82, 2.24) is 10.6 Å². The summed E-state index contributed by atoms with van der Waals surface area (Å²) in [6, 6.07) is 6.27. The van der Waals surface area contributed by atoms with E-state index < -0.39 is 23.6 Å². The van der Waals surface area contributed by atoms with E-state index in [1.807, 2.05) is 0 Å². The first-order valence-electron chi connectivity index (χ1n) is 8.74. The lowest BCUT2D eigenvalue weighted by Crippen LogP contribution is -2.52. The zero-order valence-corrected chi connectivity index (χ0v) is 17.1. The fourth-order valence-corrected chi connectivity index (χ4v) is 2.31. The highest BCUT2D eigenvalue weighted by Crippen LogP contribution is 2.11. The minimum Gasteiger partial charge on any atom is -0.444 e. The number of benzene rings is 1. The number of carbonyl (C=O) groups is 3. The van der Waals surface area contributed by atoms with Crippen LogP contribution in [0, 0.1) is 5.92 Å². The van der Waals surface area contributed by atoms with Crippen LogP contribution in [0.3, 0.4) is 0 Å². The molecular weight excluding hydrogens is 370 g/mol. The van der Waals surface area contributed by atoms with Crippen molar-refractivity contribution in [1.29, 1.82) is 0 Å². The molecular formula is C19H28ClN3O4. The van der Waals surface area contributed by atoms with Crippen LogP contribution in [0.5, 0.6) is 0 Å². The maximum Gasteiger partial charge on any atom is 0.408 e. The Kier molecular flexibility index (Phi) is 8.56. The van der Waals surface area contributed by atoms with Gasteiger partial charge in [-0.3, -0.25) is 9.59 Å². The summed E-state index contributed by atoms with van der Waals surface area (Å²) in [5.41, 5.74) is 0.882. The summed E-state index contributed by atoms with van der Waals surface area (Å²) in [4.78, 5) is 36.3. The highest BCUT2D eigenvalue weighted by molar-refractivity contribution is 6.17. The van der Waals surface area contributed by atoms with Crippen molar-refractivity contribution >= 4 is 35.2 Å². The predicted octanol–water partition coefficient (Wildman–Crippen LogP) is 3.03. The first-order valence-corrected chi connectivity index (χ1v) is 9.27. The normalized spacial score (nSPS) is 12.3. The zero-order valence-electron chi connectivity index (χ0n) is 16.4. The number of hydrogen-bond acceptors (Lipinski definition) is 4. The van der Waals surface area contributed by atoms with Gasteiger partial charge >= 0.3 is 6.09 Å². The van der Waals surface area contributed by atoms with E-state index in [2.05, 4.69) is 16.0 Å². The van der Waals surface area contributed by atoms with Gasteiger partial charge in [-0.1, -0.05) is 26.0 Å². The fourth-order valence-electron chi connectivity index (χ4n) is 2.13. The first-order chi connectivity index (χ1) is 12.5. The molecule has 0 saturated carbocycles. The topological polar surface area (TPSA) is 96.5 Å². The molecule has 0 aromatic heterocycles. The van der Waals surface area contributed by atoms with E-state index in [0.29, 0.717) is 11.6 Å². The van der Waals surface area contributed by atoms with Crippen LogP contribution in [-0.2, 0) is 20.2 Å². The molecule has 3 N–H and O–H groups in total. The van der Waals surface area contributed by atoms with Crippen molar-refractivity contribution in [2.75, 3.05) is 11.9 Å². The standard InChI is InChI=1S/C19H28ClN3O4/c1-12(2)16(23-18(26)27-19(3,4)5)17(25)21-11-15(24)22-14-8-6-13(10-20)7-9-14/h6-9,12,16H,10-11H2,1-5H3,(H,21,25)(H,22,24)(H,23,26). The van der Waals surface area contributed by atoms with Crippen LogP contribution in [0.1, 0.15) is 40.2 Å². The van der Waals surface area contributed by atoms with Crippen LogP contribution < -0.4 is 16.0 Å². The van der Waals surface area contributed by atoms with Gasteiger partial charge in [0.15, 0.2) is 0 Å². The number of ether oxygens (including phenoxy) is 1. The summed E-state index contributed by atoms with van der Waals surface area (Å²) >= 11 is 5.72. The van der Waals surface area contributed by atoms with Crippen molar-refractivity contribution < 1.29 is 19.1 Å². The number of amides is 3. The average molecular weight is 398 g/mol. The van der Waals surface area contributed by atoms with E-state index in [-0.39, 0.29) is 18.4 Å². The lowest BCUT2D eigenvalue weighted by molar-refractivity contribution is -0.126. The maximum atomic E-state index is 12.4. The van der Waals surface area contributed by atoms with Gasteiger partial charge in [-0.05, 0) is 44.4 Å². The Balaban J connectivity index is 2.55. The van der Waals surface area contributed by atoms with Crippen molar-refractivity contribution in [2.24, 2.45) is 5.92 Å². The highest BCUT2D eigenvalue weighted by Gasteiger charge is 2.27. The van der Waals surface area contributed by atoms with Crippen molar-refractivity contribution in [3.8, 4) is 0 Å². The summed E-state index contributed by atoms with van der Waals surface area (Å²) < 4.78 is 5.17. The number of hydrogen-bond donors (Lipinski definition) is 3. The third kappa shape index (κ3) is 8.77. The molecule has 0 fully saturated rings. The minimum atomic E-state index is -0.810. The number of nitrogens with one attached hydrogen (secondary N) is 3. The molecule has 1 aromatic carbocycles. The second-order valence-electron chi connectivity index (χ2n) is 7.46. The number of alkyl carbamates (subject to hydrolysis) is 1. The van der Waals surface area contributed by atoms with Crippen molar-refractivity contribution in [2.45, 2.75) is 52.1 Å². The molecule has 1 atom stereocenters. The Labute approximate surface area is 165 Å². The minimum absolute atomic E-state index is 0.177. The second-order valence-corrected chi connectivity index (χ2v) is 7.73. The smallest absolute Gasteiger partial charge is 0.408 e. The number of alkyl halides is 1. The molecule has 7 nitrogen and oxygen atoms in total. The average Bonchev–Trinajstić information content (AvgIpc) is 2.56. The van der Waals surface area contributed by atoms with Gasteiger partial charge in [-0.15, -0.1) is 11.6 Å². The van der Waals surface area contributed by atoms with E-state index in [1.165, 1.54) is 0 Å². The Bertz CT molecular complexity index is 654. The number of anilines is 1. The van der Waals surface area contributed by atoms with E-state index in [4.69, 9.17) is 16.3 Å². The quantitative estimate of drug-likeness (QED) is 0.616. The van der Waals surface area contributed by atoms with Gasteiger partial charge < -0.3 is 20.7 Å². The van der Waals surface area contributed by atoms with Crippen LogP contribution in [-0.4, -0.2) is 36.1 Å². The van der Waals surface area contributed by atoms with Crippen LogP contribution in [0.4, 0.5) is 10.5 Å². The SMILES string of the molecule is CC(C)C(NC(=O)OC(C)(C)C)C(=O)NCC(=O)Nc1ccc(CCl)cc1. The molecule has 0 spiro atoms. The fraction of sp³-hybridized carbons (Fsp3) is 0.526. The monoisotopic (exact) mass is 397 g/mol. The van der Waals surface area contributed by atoms with Gasteiger partial charge in [0.25, 0.3) is 0 Å². The number of halogens is 1. The molecule has 0 radical (unpaired) electrons. The van der Waals surface area contributed by atoms with Crippen LogP contribution in [0.15, 0.2) is 24.3 Å². The molecule has 0 saturated heterocycles. The summed E-state index contributed by atoms with van der Waals surface area (Å²) in [7, 11) is 0. The predicted molar refractivity (Wildman–Crippen MR) is 106 cm³/mol. The molecule has 0 aliphatic heterocycles. The molecule has 0 aliphatic carbocycles. The lowest BCUT2D eigenvalue weighted by atomic mass is 10.0. The van der Waals surface area contributed by atoms with E-state index in [1.54, 1.807) is 58.9 Å². The van der Waals surface area contributed by atoms with Gasteiger partial charge in [0, 0.05) is 11.6 Å². The highest BCUT2D eigenvalue weighted by atomic mass is 35.5. The van der Waals surface area contributed by atoms with Gasteiger partial charge in [0.2, 0.25) is 11.8 Å². The van der Waals surface area contributed by atoms with E-state index in [0.717, 1.165) is 5.56 Å². The third-order valence-corrected chi connectivity index (χ3v) is 3.75. The summed E-state index contributed by atoms with van der Waals surface area (Å²) in [6.45, 7) is 8.58. The maximum absolute atomic E-state index is 12.4. The van der Waals surface area contributed by atoms with Gasteiger partial charge in [0.1, 0.15) is 11.6 Å². The Morgan fingerprint density at radius 1 is 1.11 bits per heavy atom. The van der Waals surface area contributed by atoms with Crippen LogP contribution >= 0.6 is 11.6 Å². The Morgan fingerprint density at radius 3 is 2.19 bits per heavy atom. The largest absolute Gasteiger partial charge is 0.444 e. The second kappa shape index (κ2) is 10.2. The molecule has 8 heteroatoms. The zero-order chi connectivity index (χ0) is 20.6. The summed E-state index contributed by atoms with van der Waals surface area (Å²) in [5.74, 6) is -0.611. The molecule has 150 valence electrons.